The molecular weight excluding hydrogens is 264 g/mol. The van der Waals surface area contributed by atoms with Crippen LogP contribution in [0, 0.1) is 0 Å². The smallest absolute Gasteiger partial charge is 0.322 e. The summed E-state index contributed by atoms with van der Waals surface area (Å²) < 4.78 is 0. The zero-order chi connectivity index (χ0) is 12.2. The highest BCUT2D eigenvalue weighted by molar-refractivity contribution is 7.99. The topological polar surface area (TPSA) is 96.6 Å². The molecule has 3 amide bonds. The minimum absolute atomic E-state index is 0. The van der Waals surface area contributed by atoms with E-state index in [0.29, 0.717) is 18.1 Å². The van der Waals surface area contributed by atoms with Crippen LogP contribution in [-0.4, -0.2) is 41.4 Å². The number of thioether (sulfide) groups is 1. The monoisotopic (exact) mass is 280 g/mol. The van der Waals surface area contributed by atoms with Crippen molar-refractivity contribution < 1.29 is 9.59 Å². The van der Waals surface area contributed by atoms with Crippen molar-refractivity contribution in [3.63, 3.8) is 0 Å². The van der Waals surface area contributed by atoms with E-state index in [-0.39, 0.29) is 18.3 Å². The molecule has 1 fully saturated rings. The van der Waals surface area contributed by atoms with Crippen LogP contribution in [0.25, 0.3) is 0 Å². The molecule has 17 heavy (non-hydrogen) atoms. The average Bonchev–Trinajstić information content (AvgIpc) is 2.39. The number of rotatable bonds is 5. The van der Waals surface area contributed by atoms with Gasteiger partial charge >= 0.3 is 6.03 Å². The van der Waals surface area contributed by atoms with Crippen LogP contribution < -0.4 is 16.4 Å². The van der Waals surface area contributed by atoms with Crippen LogP contribution in [0.2, 0.25) is 0 Å². The Hall–Kier alpha value is -0.950. The molecule has 1 atom stereocenters. The highest BCUT2D eigenvalue weighted by atomic mass is 35.5. The van der Waals surface area contributed by atoms with E-state index in [0.717, 1.165) is 5.75 Å². The van der Waals surface area contributed by atoms with Crippen LogP contribution in [-0.2, 0) is 4.79 Å². The molecular formula is C9H17ClN4O2S. The number of amides is 3. The first-order chi connectivity index (χ1) is 7.44. The van der Waals surface area contributed by atoms with Crippen LogP contribution in [0.5, 0.6) is 0 Å². The van der Waals surface area contributed by atoms with E-state index in [1.807, 2.05) is 0 Å². The molecule has 0 unspecified atom stereocenters. The number of amidine groups is 1. The molecule has 0 aromatic carbocycles. The molecule has 4 N–H and O–H groups in total. The van der Waals surface area contributed by atoms with Gasteiger partial charge < -0.3 is 11.1 Å². The second kappa shape index (κ2) is 6.70. The third-order valence-corrected chi connectivity index (χ3v) is 3.36. The fraction of sp³-hybridized carbons (Fsp3) is 0.667. The molecule has 0 saturated carbocycles. The van der Waals surface area contributed by atoms with E-state index in [2.05, 4.69) is 15.6 Å². The molecule has 6 nitrogen and oxygen atoms in total. The summed E-state index contributed by atoms with van der Waals surface area (Å²) in [5, 5.41) is 4.82. The minimum Gasteiger partial charge on any atom is -0.388 e. The molecule has 1 heterocycles. The van der Waals surface area contributed by atoms with E-state index in [1.165, 1.54) is 0 Å². The second-order valence-electron chi connectivity index (χ2n) is 3.82. The van der Waals surface area contributed by atoms with E-state index in [4.69, 9.17) is 5.73 Å². The predicted molar refractivity (Wildman–Crippen MR) is 71.8 cm³/mol. The number of carbonyl (C=O) groups is 2. The molecule has 0 aromatic rings. The summed E-state index contributed by atoms with van der Waals surface area (Å²) in [5.74, 6) is 1.58. The van der Waals surface area contributed by atoms with Gasteiger partial charge in [-0.05, 0) is 13.8 Å². The van der Waals surface area contributed by atoms with Crippen LogP contribution >= 0.6 is 24.2 Å². The fourth-order valence-electron chi connectivity index (χ4n) is 1.24. The van der Waals surface area contributed by atoms with Gasteiger partial charge in [0.15, 0.2) is 0 Å². The Labute approximate surface area is 111 Å². The number of aliphatic imine (C=N–C) groups is 1. The minimum atomic E-state index is -0.802. The van der Waals surface area contributed by atoms with Crippen molar-refractivity contribution in [1.29, 1.82) is 0 Å². The predicted octanol–water partition coefficient (Wildman–Crippen LogP) is 0.117. The van der Waals surface area contributed by atoms with Gasteiger partial charge in [0.2, 0.25) is 0 Å². The fourth-order valence-corrected chi connectivity index (χ4v) is 2.22. The van der Waals surface area contributed by atoms with Gasteiger partial charge in [0, 0.05) is 18.1 Å². The lowest BCUT2D eigenvalue weighted by atomic mass is 10.1. The normalized spacial score (nSPS) is 24.0. The number of nitrogens with two attached hydrogens (primary N) is 1. The lowest BCUT2D eigenvalue weighted by molar-refractivity contribution is -0.122. The van der Waals surface area contributed by atoms with Crippen molar-refractivity contribution in [3.05, 3.63) is 0 Å². The van der Waals surface area contributed by atoms with Gasteiger partial charge in [0.1, 0.15) is 5.54 Å². The third kappa shape index (κ3) is 4.82. The van der Waals surface area contributed by atoms with Gasteiger partial charge in [0.05, 0.1) is 5.84 Å². The number of imide groups is 1. The van der Waals surface area contributed by atoms with Crippen LogP contribution in [0.4, 0.5) is 4.79 Å². The number of halogens is 1. The van der Waals surface area contributed by atoms with Gasteiger partial charge in [-0.1, -0.05) is 0 Å². The van der Waals surface area contributed by atoms with E-state index in [9.17, 15) is 9.59 Å². The van der Waals surface area contributed by atoms with Gasteiger partial charge in [0.25, 0.3) is 5.91 Å². The molecule has 0 aromatic heterocycles. The standard InChI is InChI=1S/C9H16N4O2S.ClH/c1-6(10)11-3-4-16-5-9(2)7(14)12-8(15)13-9;/h3-5H2,1-2H3,(H2,10,11)(H2,12,13,14,15);1H/t9-;/m1./s1. The zero-order valence-electron chi connectivity index (χ0n) is 9.78. The van der Waals surface area contributed by atoms with Crippen LogP contribution in [0.15, 0.2) is 4.99 Å². The van der Waals surface area contributed by atoms with E-state index < -0.39 is 11.6 Å². The molecule has 1 rings (SSSR count). The third-order valence-electron chi connectivity index (χ3n) is 2.11. The van der Waals surface area contributed by atoms with Gasteiger partial charge in [-0.15, -0.1) is 12.4 Å². The largest absolute Gasteiger partial charge is 0.388 e. The van der Waals surface area contributed by atoms with Crippen molar-refractivity contribution >= 4 is 41.9 Å². The van der Waals surface area contributed by atoms with Crippen molar-refractivity contribution in [2.75, 3.05) is 18.1 Å². The summed E-state index contributed by atoms with van der Waals surface area (Å²) in [6.45, 7) is 4.06. The van der Waals surface area contributed by atoms with Crippen molar-refractivity contribution in [1.82, 2.24) is 10.6 Å². The van der Waals surface area contributed by atoms with Gasteiger partial charge in [-0.25, -0.2) is 4.79 Å². The summed E-state index contributed by atoms with van der Waals surface area (Å²) in [6, 6.07) is -0.427. The Morgan fingerprint density at radius 2 is 2.18 bits per heavy atom. The Balaban J connectivity index is 0.00000256. The number of carbonyl (C=O) groups excluding carboxylic acids is 2. The Kier molecular flexibility index (Phi) is 6.33. The SMILES string of the molecule is CC(N)=NCCSC[C@@]1(C)NC(=O)NC1=O.Cl. The van der Waals surface area contributed by atoms with E-state index >= 15 is 0 Å². The van der Waals surface area contributed by atoms with Gasteiger partial charge in [-0.3, -0.25) is 15.1 Å². The van der Waals surface area contributed by atoms with Crippen molar-refractivity contribution in [2.24, 2.45) is 10.7 Å². The average molecular weight is 281 g/mol. The molecule has 98 valence electrons. The quantitative estimate of drug-likeness (QED) is 0.288. The molecule has 1 aliphatic heterocycles. The summed E-state index contributed by atoms with van der Waals surface area (Å²) in [4.78, 5) is 26.4. The maximum atomic E-state index is 11.4. The Morgan fingerprint density at radius 1 is 1.53 bits per heavy atom. The maximum Gasteiger partial charge on any atom is 0.322 e. The first-order valence-corrected chi connectivity index (χ1v) is 6.07. The molecule has 0 radical (unpaired) electrons. The first-order valence-electron chi connectivity index (χ1n) is 4.92. The second-order valence-corrected chi connectivity index (χ2v) is 4.92. The maximum absolute atomic E-state index is 11.4. The zero-order valence-corrected chi connectivity index (χ0v) is 11.4. The van der Waals surface area contributed by atoms with Crippen molar-refractivity contribution in [3.8, 4) is 0 Å². The van der Waals surface area contributed by atoms with Gasteiger partial charge in [-0.2, -0.15) is 11.8 Å². The van der Waals surface area contributed by atoms with E-state index in [1.54, 1.807) is 25.6 Å². The number of nitrogens with zero attached hydrogens (tertiary/aromatic N) is 1. The number of urea groups is 1. The molecule has 0 aliphatic carbocycles. The summed E-state index contributed by atoms with van der Waals surface area (Å²) in [5.41, 5.74) is 4.58. The van der Waals surface area contributed by atoms with Crippen molar-refractivity contribution in [2.45, 2.75) is 19.4 Å². The lowest BCUT2D eigenvalue weighted by Gasteiger charge is -2.19. The highest BCUT2D eigenvalue weighted by Gasteiger charge is 2.41. The molecule has 0 spiro atoms. The molecule has 8 heteroatoms. The Morgan fingerprint density at radius 3 is 2.65 bits per heavy atom. The van der Waals surface area contributed by atoms with Crippen LogP contribution in [0.1, 0.15) is 13.8 Å². The highest BCUT2D eigenvalue weighted by Crippen LogP contribution is 2.16. The summed E-state index contributed by atoms with van der Waals surface area (Å²) in [7, 11) is 0. The molecule has 1 aliphatic rings. The van der Waals surface area contributed by atoms with Crippen LogP contribution in [0.3, 0.4) is 0 Å². The molecule has 0 bridgehead atoms. The summed E-state index contributed by atoms with van der Waals surface area (Å²) in [6.07, 6.45) is 0. The lowest BCUT2D eigenvalue weighted by Crippen LogP contribution is -2.46. The summed E-state index contributed by atoms with van der Waals surface area (Å²) >= 11 is 1.56. The number of nitrogens with one attached hydrogen (secondary N) is 2. The first kappa shape index (κ1) is 16.1. The Bertz CT molecular complexity index is 333. The number of hydrogen-bond acceptors (Lipinski definition) is 4. The number of hydrogen-bond donors (Lipinski definition) is 3. The molecule has 1 saturated heterocycles.